The molecule has 1 aliphatic rings. The predicted molar refractivity (Wildman–Crippen MR) is 58.3 cm³/mol. The van der Waals surface area contributed by atoms with Gasteiger partial charge in [-0.15, -0.1) is 0 Å². The number of para-hydroxylation sites is 1. The van der Waals surface area contributed by atoms with Gasteiger partial charge in [-0.3, -0.25) is 0 Å². The maximum Gasteiger partial charge on any atom is 0.162 e. The number of piperazine rings is 1. The molecule has 1 fully saturated rings. The van der Waals surface area contributed by atoms with Crippen molar-refractivity contribution in [3.8, 4) is 11.5 Å². The highest BCUT2D eigenvalue weighted by molar-refractivity contribution is 5.47. The molecule has 1 atom stereocenters. The van der Waals surface area contributed by atoms with E-state index in [1.54, 1.807) is 13.2 Å². The Labute approximate surface area is 89.3 Å². The van der Waals surface area contributed by atoms with E-state index in [0.29, 0.717) is 5.75 Å². The molecular weight excluding hydrogens is 192 g/mol. The average Bonchev–Trinajstić information content (AvgIpc) is 2.30. The molecule has 0 bridgehead atoms. The number of methoxy groups -OCH3 is 1. The lowest BCUT2D eigenvalue weighted by Gasteiger charge is -2.25. The van der Waals surface area contributed by atoms with Crippen LogP contribution < -0.4 is 15.4 Å². The van der Waals surface area contributed by atoms with Gasteiger partial charge in [0.25, 0.3) is 0 Å². The van der Waals surface area contributed by atoms with E-state index >= 15 is 0 Å². The van der Waals surface area contributed by atoms with Gasteiger partial charge in [0, 0.05) is 31.2 Å². The zero-order chi connectivity index (χ0) is 10.7. The van der Waals surface area contributed by atoms with Crippen molar-refractivity contribution in [1.29, 1.82) is 0 Å². The van der Waals surface area contributed by atoms with Crippen molar-refractivity contribution in [2.45, 2.75) is 6.04 Å². The summed E-state index contributed by atoms with van der Waals surface area (Å²) >= 11 is 0. The number of benzene rings is 1. The third kappa shape index (κ3) is 2.06. The van der Waals surface area contributed by atoms with Crippen molar-refractivity contribution in [2.75, 3.05) is 26.7 Å². The molecule has 0 spiro atoms. The highest BCUT2D eigenvalue weighted by Gasteiger charge is 2.19. The second-order valence-electron chi connectivity index (χ2n) is 3.61. The summed E-state index contributed by atoms with van der Waals surface area (Å²) in [7, 11) is 1.56. The van der Waals surface area contributed by atoms with Crippen molar-refractivity contribution >= 4 is 0 Å². The third-order valence-corrected chi connectivity index (χ3v) is 2.67. The Balaban J connectivity index is 2.26. The number of phenolic OH excluding ortho intramolecular Hbond substituents is 1. The zero-order valence-corrected chi connectivity index (χ0v) is 8.79. The van der Waals surface area contributed by atoms with Crippen LogP contribution in [0, 0.1) is 0 Å². The van der Waals surface area contributed by atoms with Crippen molar-refractivity contribution in [2.24, 2.45) is 0 Å². The number of hydrogen-bond donors (Lipinski definition) is 3. The van der Waals surface area contributed by atoms with Crippen LogP contribution in [-0.4, -0.2) is 31.9 Å². The molecule has 4 nitrogen and oxygen atoms in total. The Morgan fingerprint density at radius 2 is 2.27 bits per heavy atom. The summed E-state index contributed by atoms with van der Waals surface area (Å²) in [5.41, 5.74) is 0.890. The lowest BCUT2D eigenvalue weighted by molar-refractivity contribution is 0.358. The smallest absolute Gasteiger partial charge is 0.162 e. The van der Waals surface area contributed by atoms with Gasteiger partial charge in [0.2, 0.25) is 0 Å². The van der Waals surface area contributed by atoms with Gasteiger partial charge in [-0.05, 0) is 6.07 Å². The number of phenols is 1. The second kappa shape index (κ2) is 4.51. The Morgan fingerprint density at radius 1 is 1.40 bits per heavy atom. The summed E-state index contributed by atoms with van der Waals surface area (Å²) in [5, 5.41) is 16.6. The first-order chi connectivity index (χ1) is 7.33. The second-order valence-corrected chi connectivity index (χ2v) is 3.61. The van der Waals surface area contributed by atoms with Gasteiger partial charge in [-0.25, -0.2) is 0 Å². The van der Waals surface area contributed by atoms with E-state index in [0.717, 1.165) is 25.2 Å². The summed E-state index contributed by atoms with van der Waals surface area (Å²) in [4.78, 5) is 0. The number of nitrogens with one attached hydrogen (secondary N) is 2. The van der Waals surface area contributed by atoms with Crippen LogP contribution in [0.3, 0.4) is 0 Å². The van der Waals surface area contributed by atoms with Crippen LogP contribution in [0.15, 0.2) is 18.2 Å². The molecule has 15 heavy (non-hydrogen) atoms. The SMILES string of the molecule is COc1cccc([C@H]2CNCCN2)c1O. The molecule has 1 saturated heterocycles. The van der Waals surface area contributed by atoms with E-state index in [1.165, 1.54) is 0 Å². The molecule has 0 amide bonds. The van der Waals surface area contributed by atoms with Crippen LogP contribution in [0.1, 0.15) is 11.6 Å². The van der Waals surface area contributed by atoms with E-state index in [9.17, 15) is 5.11 Å². The lowest BCUT2D eigenvalue weighted by atomic mass is 10.0. The fourth-order valence-corrected chi connectivity index (χ4v) is 1.86. The van der Waals surface area contributed by atoms with Crippen LogP contribution in [-0.2, 0) is 0 Å². The van der Waals surface area contributed by atoms with Gasteiger partial charge in [0.05, 0.1) is 7.11 Å². The Hall–Kier alpha value is -1.26. The minimum absolute atomic E-state index is 0.161. The molecule has 0 unspecified atom stereocenters. The largest absolute Gasteiger partial charge is 0.504 e. The van der Waals surface area contributed by atoms with Gasteiger partial charge in [0.15, 0.2) is 11.5 Å². The predicted octanol–water partition coefficient (Wildman–Crippen LogP) is 0.635. The molecule has 0 saturated carbocycles. The van der Waals surface area contributed by atoms with E-state index in [-0.39, 0.29) is 11.8 Å². The van der Waals surface area contributed by atoms with Crippen LogP contribution in [0.4, 0.5) is 0 Å². The molecule has 1 aromatic rings. The maximum absolute atomic E-state index is 9.95. The highest BCUT2D eigenvalue weighted by Crippen LogP contribution is 2.33. The molecule has 1 aliphatic heterocycles. The van der Waals surface area contributed by atoms with Crippen molar-refractivity contribution < 1.29 is 9.84 Å². The normalized spacial score (nSPS) is 21.3. The molecule has 1 aromatic carbocycles. The topological polar surface area (TPSA) is 53.5 Å². The maximum atomic E-state index is 9.95. The molecule has 2 rings (SSSR count). The van der Waals surface area contributed by atoms with Gasteiger partial charge in [0.1, 0.15) is 0 Å². The van der Waals surface area contributed by atoms with Gasteiger partial charge < -0.3 is 20.5 Å². The van der Waals surface area contributed by atoms with Crippen molar-refractivity contribution in [3.63, 3.8) is 0 Å². The summed E-state index contributed by atoms with van der Waals surface area (Å²) in [5.74, 6) is 0.765. The number of hydrogen-bond acceptors (Lipinski definition) is 4. The summed E-state index contributed by atoms with van der Waals surface area (Å²) < 4.78 is 5.08. The first-order valence-corrected chi connectivity index (χ1v) is 5.13. The van der Waals surface area contributed by atoms with Crippen molar-refractivity contribution in [3.05, 3.63) is 23.8 Å². The third-order valence-electron chi connectivity index (χ3n) is 2.67. The van der Waals surface area contributed by atoms with E-state index in [2.05, 4.69) is 10.6 Å². The van der Waals surface area contributed by atoms with Crippen LogP contribution in [0.25, 0.3) is 0 Å². The first-order valence-electron chi connectivity index (χ1n) is 5.13. The quantitative estimate of drug-likeness (QED) is 0.667. The molecule has 82 valence electrons. The fraction of sp³-hybridized carbons (Fsp3) is 0.455. The Morgan fingerprint density at radius 3 is 2.93 bits per heavy atom. The fourth-order valence-electron chi connectivity index (χ4n) is 1.86. The monoisotopic (exact) mass is 208 g/mol. The van der Waals surface area contributed by atoms with E-state index in [4.69, 9.17) is 4.74 Å². The first kappa shape index (κ1) is 10.3. The number of ether oxygens (including phenoxy) is 1. The van der Waals surface area contributed by atoms with E-state index < -0.39 is 0 Å². The summed E-state index contributed by atoms with van der Waals surface area (Å²) in [6.45, 7) is 2.73. The summed E-state index contributed by atoms with van der Waals surface area (Å²) in [6.07, 6.45) is 0. The zero-order valence-electron chi connectivity index (χ0n) is 8.79. The highest BCUT2D eigenvalue weighted by atomic mass is 16.5. The molecule has 0 aliphatic carbocycles. The molecule has 0 radical (unpaired) electrons. The number of rotatable bonds is 2. The standard InChI is InChI=1S/C11H16N2O2/c1-15-10-4-2-3-8(11(10)14)9-7-12-5-6-13-9/h2-4,9,12-14H,5-7H2,1H3/t9-/m1/s1. The average molecular weight is 208 g/mol. The molecule has 1 heterocycles. The Kier molecular flexibility index (Phi) is 3.08. The lowest BCUT2D eigenvalue weighted by Crippen LogP contribution is -2.42. The van der Waals surface area contributed by atoms with E-state index in [1.807, 2.05) is 12.1 Å². The van der Waals surface area contributed by atoms with Gasteiger partial charge in [-0.1, -0.05) is 12.1 Å². The molecular formula is C11H16N2O2. The van der Waals surface area contributed by atoms with Crippen LogP contribution in [0.2, 0.25) is 0 Å². The Bertz CT molecular complexity index is 335. The van der Waals surface area contributed by atoms with Crippen LogP contribution >= 0.6 is 0 Å². The molecule has 4 heteroatoms. The van der Waals surface area contributed by atoms with Crippen LogP contribution in [0.5, 0.6) is 11.5 Å². The van der Waals surface area contributed by atoms with Gasteiger partial charge in [-0.2, -0.15) is 0 Å². The van der Waals surface area contributed by atoms with Crippen molar-refractivity contribution in [1.82, 2.24) is 10.6 Å². The molecule has 3 N–H and O–H groups in total. The minimum atomic E-state index is 0.161. The molecule has 0 aromatic heterocycles. The van der Waals surface area contributed by atoms with Gasteiger partial charge >= 0.3 is 0 Å². The summed E-state index contributed by atoms with van der Waals surface area (Å²) in [6, 6.07) is 5.73. The number of aromatic hydroxyl groups is 1. The minimum Gasteiger partial charge on any atom is -0.504 e.